The first-order valence-electron chi connectivity index (χ1n) is 14.3. The number of hydrogen-bond donors (Lipinski definition) is 5. The van der Waals surface area contributed by atoms with Crippen LogP contribution >= 0.6 is 0 Å². The molecule has 0 aliphatic heterocycles. The third-order valence-electron chi connectivity index (χ3n) is 9.33. The molecule has 0 unspecified atom stereocenters. The predicted octanol–water partition coefficient (Wildman–Crippen LogP) is 4.85. The van der Waals surface area contributed by atoms with Gasteiger partial charge in [0.1, 0.15) is 22.8 Å². The lowest BCUT2D eigenvalue weighted by molar-refractivity contribution is -0.155. The summed E-state index contributed by atoms with van der Waals surface area (Å²) in [6.45, 7) is 10.1. The van der Waals surface area contributed by atoms with Crippen LogP contribution < -0.4 is 5.73 Å². The lowest BCUT2D eigenvalue weighted by Crippen LogP contribution is -2.62. The van der Waals surface area contributed by atoms with Crippen LogP contribution in [-0.2, 0) is 20.8 Å². The molecular formula is C33H39NO7. The van der Waals surface area contributed by atoms with Crippen LogP contribution in [0.5, 0.6) is 5.75 Å². The second kappa shape index (κ2) is 9.72. The number of phenolic OH excluding ortho intramolecular Hbond substituents is 1. The van der Waals surface area contributed by atoms with Crippen LogP contribution in [0, 0.1) is 29.1 Å². The minimum absolute atomic E-state index is 0.106. The van der Waals surface area contributed by atoms with Gasteiger partial charge in [0.2, 0.25) is 5.78 Å². The van der Waals surface area contributed by atoms with Gasteiger partial charge in [0.25, 0.3) is 5.91 Å². The monoisotopic (exact) mass is 561 g/mol. The number of allylic oxidation sites excluding steroid dienone is 4. The molecular weight excluding hydrogens is 522 g/mol. The minimum atomic E-state index is -2.60. The molecule has 1 saturated carbocycles. The first-order valence-corrected chi connectivity index (χ1v) is 14.3. The van der Waals surface area contributed by atoms with Crippen molar-refractivity contribution in [1.82, 2.24) is 0 Å². The maximum atomic E-state index is 14.0. The Balaban J connectivity index is 1.59. The van der Waals surface area contributed by atoms with Crippen LogP contribution in [0.25, 0.3) is 11.3 Å². The van der Waals surface area contributed by atoms with Crippen molar-refractivity contribution in [1.29, 1.82) is 0 Å². The van der Waals surface area contributed by atoms with Crippen LogP contribution in [0.1, 0.15) is 77.0 Å². The fourth-order valence-corrected chi connectivity index (χ4v) is 7.26. The molecule has 1 aromatic carbocycles. The zero-order chi connectivity index (χ0) is 30.2. The van der Waals surface area contributed by atoms with E-state index in [1.165, 1.54) is 11.6 Å². The lowest BCUT2D eigenvalue weighted by Gasteiger charge is -2.50. The summed E-state index contributed by atoms with van der Waals surface area (Å²) in [5.41, 5.74) is 6.16. The topological polar surface area (TPSA) is 158 Å². The number of amides is 1. The van der Waals surface area contributed by atoms with Crippen LogP contribution in [0.4, 0.5) is 0 Å². The molecule has 8 nitrogen and oxygen atoms in total. The minimum Gasteiger partial charge on any atom is -0.508 e. The Morgan fingerprint density at radius 2 is 1.80 bits per heavy atom. The predicted molar refractivity (Wildman–Crippen MR) is 154 cm³/mol. The summed E-state index contributed by atoms with van der Waals surface area (Å²) < 4.78 is 0. The summed E-state index contributed by atoms with van der Waals surface area (Å²) in [6.07, 6.45) is 7.34. The molecule has 4 aliphatic carbocycles. The molecule has 1 amide bonds. The Bertz CT molecular complexity index is 1500. The number of phenols is 1. The molecule has 1 fully saturated rings. The van der Waals surface area contributed by atoms with Gasteiger partial charge in [-0.1, -0.05) is 58.4 Å². The quantitative estimate of drug-likeness (QED) is 0.322. The van der Waals surface area contributed by atoms with Crippen molar-refractivity contribution in [3.05, 3.63) is 63.5 Å². The van der Waals surface area contributed by atoms with E-state index in [0.29, 0.717) is 5.56 Å². The zero-order valence-electron chi connectivity index (χ0n) is 24.2. The second-order valence-corrected chi connectivity index (χ2v) is 13.6. The van der Waals surface area contributed by atoms with Gasteiger partial charge in [0.15, 0.2) is 11.4 Å². The molecule has 6 N–H and O–H groups in total. The Kier molecular flexibility index (Phi) is 6.84. The van der Waals surface area contributed by atoms with Gasteiger partial charge in [-0.3, -0.25) is 14.4 Å². The highest BCUT2D eigenvalue weighted by atomic mass is 16.3. The molecule has 0 aromatic heterocycles. The van der Waals surface area contributed by atoms with Crippen LogP contribution in [-0.4, -0.2) is 43.5 Å². The van der Waals surface area contributed by atoms with Gasteiger partial charge in [-0.25, -0.2) is 0 Å². The fraction of sp³-hybridized carbons (Fsp3) is 0.485. The normalized spacial score (nSPS) is 27.9. The van der Waals surface area contributed by atoms with Crippen LogP contribution in [0.2, 0.25) is 0 Å². The van der Waals surface area contributed by atoms with Crippen molar-refractivity contribution < 1.29 is 34.8 Å². The van der Waals surface area contributed by atoms with E-state index in [0.717, 1.165) is 30.4 Å². The summed E-state index contributed by atoms with van der Waals surface area (Å²) in [4.78, 5) is 39.5. The van der Waals surface area contributed by atoms with Crippen molar-refractivity contribution in [2.24, 2.45) is 34.8 Å². The molecule has 0 bridgehead atoms. The molecule has 5 rings (SSSR count). The van der Waals surface area contributed by atoms with E-state index in [1.54, 1.807) is 13.8 Å². The number of benzene rings is 1. The highest BCUT2D eigenvalue weighted by Crippen LogP contribution is 2.55. The summed E-state index contributed by atoms with van der Waals surface area (Å²) in [7, 11) is 0. The van der Waals surface area contributed by atoms with Gasteiger partial charge in [0.05, 0.1) is 5.56 Å². The zero-order valence-corrected chi connectivity index (χ0v) is 24.2. The number of aromatic hydroxyl groups is 1. The van der Waals surface area contributed by atoms with E-state index < -0.39 is 57.9 Å². The van der Waals surface area contributed by atoms with Crippen molar-refractivity contribution in [3.8, 4) is 5.75 Å². The highest BCUT2D eigenvalue weighted by molar-refractivity contribution is 6.23. The number of aliphatic hydroxyl groups is 3. The number of rotatable bonds is 5. The molecule has 0 heterocycles. The maximum Gasteiger partial charge on any atom is 0.255 e. The number of fused-ring (bicyclic) bond motifs is 3. The first kappa shape index (κ1) is 28.9. The Morgan fingerprint density at radius 1 is 1.12 bits per heavy atom. The standard InChI is InChI=1S/C33H39NO7/c1-15(2)23-21-14-18-13-20-19(17-7-6-16(12-17)10-11-32(3,4)5)8-9-22(35)25(20)28(37)24(18)29(38)33(21,41)30(39)26(27(23)36)31(34)40/h6-9,15,18,21,23,35,37,39,41H,10-14H2,1-5H3,(H2,34,40)/t18-,21-,23-,33-/m0/s1. The molecule has 4 atom stereocenters. The summed E-state index contributed by atoms with van der Waals surface area (Å²) in [5, 5.41) is 45.1. The number of hydrogen-bond acceptors (Lipinski definition) is 7. The van der Waals surface area contributed by atoms with Gasteiger partial charge in [-0.2, -0.15) is 0 Å². The number of Topliss-reactive ketones (excluding diaryl/α,β-unsaturated/α-hetero) is 2. The van der Waals surface area contributed by atoms with Gasteiger partial charge in [-0.15, -0.1) is 0 Å². The van der Waals surface area contributed by atoms with E-state index >= 15 is 0 Å². The number of carbonyl (C=O) groups is 3. The van der Waals surface area contributed by atoms with Crippen molar-refractivity contribution in [2.45, 2.75) is 72.3 Å². The van der Waals surface area contributed by atoms with Crippen molar-refractivity contribution in [3.63, 3.8) is 0 Å². The highest BCUT2D eigenvalue weighted by Gasteiger charge is 2.64. The Morgan fingerprint density at radius 3 is 2.41 bits per heavy atom. The molecule has 41 heavy (non-hydrogen) atoms. The molecule has 4 aliphatic rings. The van der Waals surface area contributed by atoms with Gasteiger partial charge in [0, 0.05) is 17.4 Å². The molecule has 1 aromatic rings. The van der Waals surface area contributed by atoms with Crippen LogP contribution in [0.3, 0.4) is 0 Å². The lowest BCUT2D eigenvalue weighted by atomic mass is 9.54. The molecule has 0 saturated heterocycles. The largest absolute Gasteiger partial charge is 0.508 e. The molecule has 218 valence electrons. The number of nitrogens with two attached hydrogens (primary N) is 1. The number of carbonyl (C=O) groups excluding carboxylic acids is 3. The summed E-state index contributed by atoms with van der Waals surface area (Å²) in [6, 6.07) is 3.31. The summed E-state index contributed by atoms with van der Waals surface area (Å²) in [5.74, 6) is -7.53. The average Bonchev–Trinajstić information content (AvgIpc) is 3.33. The molecule has 0 radical (unpaired) electrons. The SMILES string of the molecule is CC(C)[C@@H]1C(=O)C(C(N)=O)=C(O)[C@@]2(O)C(=O)C3=C(O)c4c(O)ccc(C5=CC=C(CCC(C)(C)C)C5)c4C[C@H]3C[C@@H]12. The third kappa shape index (κ3) is 4.43. The fourth-order valence-electron chi connectivity index (χ4n) is 7.26. The van der Waals surface area contributed by atoms with E-state index in [4.69, 9.17) is 5.73 Å². The van der Waals surface area contributed by atoms with E-state index in [2.05, 4.69) is 32.9 Å². The van der Waals surface area contributed by atoms with Gasteiger partial charge < -0.3 is 26.2 Å². The van der Waals surface area contributed by atoms with E-state index in [-0.39, 0.29) is 41.1 Å². The van der Waals surface area contributed by atoms with Crippen molar-refractivity contribution in [2.75, 3.05) is 0 Å². The average molecular weight is 562 g/mol. The molecule has 8 heteroatoms. The smallest absolute Gasteiger partial charge is 0.255 e. The first-order chi connectivity index (χ1) is 19.1. The summed E-state index contributed by atoms with van der Waals surface area (Å²) >= 11 is 0. The van der Waals surface area contributed by atoms with E-state index in [1.807, 2.05) is 6.07 Å². The van der Waals surface area contributed by atoms with Crippen molar-refractivity contribution >= 4 is 28.8 Å². The second-order valence-electron chi connectivity index (χ2n) is 13.6. The third-order valence-corrected chi connectivity index (χ3v) is 9.33. The van der Waals surface area contributed by atoms with Gasteiger partial charge >= 0.3 is 0 Å². The maximum absolute atomic E-state index is 14.0. The van der Waals surface area contributed by atoms with E-state index in [9.17, 15) is 34.8 Å². The number of aliphatic hydroxyl groups excluding tert-OH is 2. The molecule has 0 spiro atoms. The number of ketones is 2. The number of primary amides is 1. The Labute approximate surface area is 240 Å². The van der Waals surface area contributed by atoms with Gasteiger partial charge in [-0.05, 0) is 72.1 Å². The Hall–Kier alpha value is -3.65. The van der Waals surface area contributed by atoms with Crippen LogP contribution in [0.15, 0.2) is 46.8 Å².